The number of alkyl halides is 3. The molecular formula is C14H16F3N5O2. The minimum atomic E-state index is -4.64. The van der Waals surface area contributed by atoms with Crippen LogP contribution in [0.1, 0.15) is 29.2 Å². The van der Waals surface area contributed by atoms with E-state index in [9.17, 15) is 23.1 Å². The van der Waals surface area contributed by atoms with E-state index in [0.29, 0.717) is 36.5 Å². The number of nitrogens with zero attached hydrogens (tertiary/aromatic N) is 5. The molecule has 1 fully saturated rings. The van der Waals surface area contributed by atoms with E-state index >= 15 is 0 Å². The highest BCUT2D eigenvalue weighted by Gasteiger charge is 2.37. The highest BCUT2D eigenvalue weighted by molar-refractivity contribution is 5.77. The van der Waals surface area contributed by atoms with Crippen LogP contribution in [0.15, 0.2) is 0 Å². The lowest BCUT2D eigenvalue weighted by Crippen LogP contribution is -2.53. The van der Waals surface area contributed by atoms with Crippen molar-refractivity contribution < 1.29 is 23.1 Å². The van der Waals surface area contributed by atoms with E-state index < -0.39 is 18.1 Å². The molecule has 0 aliphatic carbocycles. The molecule has 0 bridgehead atoms. The van der Waals surface area contributed by atoms with Gasteiger partial charge < -0.3 is 10.0 Å². The Morgan fingerprint density at radius 1 is 1.29 bits per heavy atom. The van der Waals surface area contributed by atoms with Gasteiger partial charge >= 0.3 is 6.18 Å². The van der Waals surface area contributed by atoms with Gasteiger partial charge in [-0.05, 0) is 25.8 Å². The summed E-state index contributed by atoms with van der Waals surface area (Å²) in [4.78, 5) is 21.0. The molecule has 1 saturated heterocycles. The van der Waals surface area contributed by atoms with Crippen molar-refractivity contribution in [1.82, 2.24) is 24.5 Å². The number of carbonyl (C=O) groups excluding carboxylic acids is 1. The van der Waals surface area contributed by atoms with Crippen molar-refractivity contribution in [2.24, 2.45) is 0 Å². The van der Waals surface area contributed by atoms with Gasteiger partial charge in [-0.1, -0.05) is 0 Å². The number of aromatic nitrogens is 4. The van der Waals surface area contributed by atoms with Crippen molar-refractivity contribution in [3.63, 3.8) is 0 Å². The fourth-order valence-electron chi connectivity index (χ4n) is 2.74. The van der Waals surface area contributed by atoms with E-state index in [0.717, 1.165) is 4.52 Å². The predicted molar refractivity (Wildman–Crippen MR) is 76.2 cm³/mol. The lowest BCUT2D eigenvalue weighted by molar-refractivity contribution is -0.144. The molecule has 3 rings (SSSR count). The summed E-state index contributed by atoms with van der Waals surface area (Å²) in [6, 6.07) is 0. The number of carbonyl (C=O) groups is 1. The maximum absolute atomic E-state index is 12.7. The largest absolute Gasteiger partial charge is 0.453 e. The number of hydrogen-bond donors (Lipinski definition) is 1. The van der Waals surface area contributed by atoms with Crippen LogP contribution in [-0.2, 0) is 17.4 Å². The minimum absolute atomic E-state index is 0.103. The average Bonchev–Trinajstić information content (AvgIpc) is 2.87. The van der Waals surface area contributed by atoms with Crippen molar-refractivity contribution in [2.75, 3.05) is 13.1 Å². The molecule has 0 unspecified atom stereocenters. The van der Waals surface area contributed by atoms with E-state index in [1.54, 1.807) is 18.7 Å². The Bertz CT molecular complexity index is 796. The summed E-state index contributed by atoms with van der Waals surface area (Å²) in [5, 5.41) is 12.7. The number of aliphatic hydroxyl groups excluding tert-OH is 1. The van der Waals surface area contributed by atoms with Gasteiger partial charge in [0.05, 0.1) is 6.10 Å². The van der Waals surface area contributed by atoms with Gasteiger partial charge in [0.1, 0.15) is 0 Å². The number of fused-ring (bicyclic) bond motifs is 1. The number of amides is 1. The van der Waals surface area contributed by atoms with Crippen molar-refractivity contribution >= 4 is 11.7 Å². The highest BCUT2D eigenvalue weighted by Crippen LogP contribution is 2.27. The molecule has 2 aromatic heterocycles. The molecule has 0 radical (unpaired) electrons. The molecule has 1 aliphatic heterocycles. The number of aryl methyl sites for hydroxylation is 2. The van der Waals surface area contributed by atoms with Crippen molar-refractivity contribution in [3.05, 3.63) is 22.8 Å². The maximum Gasteiger partial charge on any atom is 0.453 e. The topological polar surface area (TPSA) is 83.6 Å². The molecule has 10 heteroatoms. The molecule has 1 amide bonds. The van der Waals surface area contributed by atoms with Gasteiger partial charge in [-0.2, -0.15) is 18.2 Å². The highest BCUT2D eigenvalue weighted by atomic mass is 19.4. The molecule has 0 atom stereocenters. The van der Waals surface area contributed by atoms with Crippen LogP contribution in [0.25, 0.3) is 5.78 Å². The van der Waals surface area contributed by atoms with Gasteiger partial charge in [0.2, 0.25) is 5.91 Å². The number of aliphatic hydroxyl groups is 1. The quantitative estimate of drug-likeness (QED) is 0.895. The molecular weight excluding hydrogens is 327 g/mol. The number of hydrogen-bond acceptors (Lipinski definition) is 5. The Morgan fingerprint density at radius 3 is 2.54 bits per heavy atom. The van der Waals surface area contributed by atoms with Crippen LogP contribution < -0.4 is 0 Å². The lowest BCUT2D eigenvalue weighted by Gasteiger charge is -2.36. The number of likely N-dealkylation sites (tertiary alicyclic amines) is 1. The van der Waals surface area contributed by atoms with E-state index in [1.165, 1.54) is 0 Å². The molecule has 24 heavy (non-hydrogen) atoms. The Hall–Kier alpha value is -2.23. The molecule has 130 valence electrons. The van der Waals surface area contributed by atoms with E-state index in [4.69, 9.17) is 0 Å². The molecule has 0 saturated carbocycles. The first kappa shape index (κ1) is 16.6. The summed E-state index contributed by atoms with van der Waals surface area (Å²) < 4.78 is 39.3. The molecule has 7 nitrogen and oxygen atoms in total. The summed E-state index contributed by atoms with van der Waals surface area (Å²) in [6.45, 7) is 3.95. The van der Waals surface area contributed by atoms with Gasteiger partial charge in [0.15, 0.2) is 0 Å². The molecule has 0 aromatic carbocycles. The van der Waals surface area contributed by atoms with E-state index in [1.807, 2.05) is 0 Å². The summed E-state index contributed by atoms with van der Waals surface area (Å²) in [5.74, 6) is -1.45. The second-order valence-electron chi connectivity index (χ2n) is 5.86. The Balaban J connectivity index is 1.84. The Morgan fingerprint density at radius 2 is 1.96 bits per heavy atom. The molecule has 2 aromatic rings. The van der Waals surface area contributed by atoms with Crippen LogP contribution in [0.4, 0.5) is 13.2 Å². The first-order valence-corrected chi connectivity index (χ1v) is 7.42. The summed E-state index contributed by atoms with van der Waals surface area (Å²) in [5.41, 5.74) is 1.69. The molecule has 1 N–H and O–H groups in total. The van der Waals surface area contributed by atoms with Gasteiger partial charge in [-0.25, -0.2) is 9.50 Å². The lowest BCUT2D eigenvalue weighted by atomic mass is 10.0. The van der Waals surface area contributed by atoms with Crippen LogP contribution in [0.3, 0.4) is 0 Å². The first-order chi connectivity index (χ1) is 11.2. The summed E-state index contributed by atoms with van der Waals surface area (Å²) >= 11 is 0. The average molecular weight is 343 g/mol. The summed E-state index contributed by atoms with van der Waals surface area (Å²) in [6.07, 6.45) is -4.57. The number of β-amino-alcohol motifs (C(OH)–C–C–N with tert-alkyl or cyclic N) is 1. The van der Waals surface area contributed by atoms with Crippen LogP contribution in [0.2, 0.25) is 0 Å². The van der Waals surface area contributed by atoms with Crippen molar-refractivity contribution in [1.29, 1.82) is 0 Å². The zero-order valence-electron chi connectivity index (χ0n) is 13.1. The van der Waals surface area contributed by atoms with Gasteiger partial charge in [-0.15, -0.1) is 5.10 Å². The second kappa shape index (κ2) is 5.69. The van der Waals surface area contributed by atoms with Crippen LogP contribution in [-0.4, -0.2) is 54.7 Å². The third-order valence-electron chi connectivity index (χ3n) is 4.11. The SMILES string of the molecule is Cc1nc2nc(C(F)(F)F)nn2c(C)c1CCC(=O)N1CC(O)C1. The van der Waals surface area contributed by atoms with Crippen LogP contribution >= 0.6 is 0 Å². The molecule has 0 spiro atoms. The smallest absolute Gasteiger partial charge is 0.389 e. The van der Waals surface area contributed by atoms with Gasteiger partial charge in [0.25, 0.3) is 11.6 Å². The van der Waals surface area contributed by atoms with Gasteiger partial charge in [-0.3, -0.25) is 4.79 Å². The third kappa shape index (κ3) is 2.93. The fourth-order valence-corrected chi connectivity index (χ4v) is 2.74. The maximum atomic E-state index is 12.7. The van der Waals surface area contributed by atoms with E-state index in [2.05, 4.69) is 15.1 Å². The normalized spacial score (nSPS) is 15.8. The molecule has 1 aliphatic rings. The van der Waals surface area contributed by atoms with Crippen molar-refractivity contribution in [2.45, 2.75) is 39.0 Å². The zero-order chi connectivity index (χ0) is 17.6. The first-order valence-electron chi connectivity index (χ1n) is 7.42. The molecule has 3 heterocycles. The minimum Gasteiger partial charge on any atom is -0.389 e. The van der Waals surface area contributed by atoms with Crippen LogP contribution in [0, 0.1) is 13.8 Å². The Kier molecular flexibility index (Phi) is 3.94. The van der Waals surface area contributed by atoms with E-state index in [-0.39, 0.29) is 18.1 Å². The monoisotopic (exact) mass is 343 g/mol. The fraction of sp³-hybridized carbons (Fsp3) is 0.571. The van der Waals surface area contributed by atoms with Gasteiger partial charge in [0, 0.05) is 30.9 Å². The zero-order valence-corrected chi connectivity index (χ0v) is 13.1. The van der Waals surface area contributed by atoms with Crippen LogP contribution in [0.5, 0.6) is 0 Å². The predicted octanol–water partition coefficient (Wildman–Crippen LogP) is 0.896. The number of halogens is 3. The second-order valence-corrected chi connectivity index (χ2v) is 5.86. The Labute approximate surface area is 135 Å². The van der Waals surface area contributed by atoms with Crippen molar-refractivity contribution in [3.8, 4) is 0 Å². The standard InChI is InChI=1S/C14H16F3N5O2/c1-7-10(3-4-11(24)21-5-9(23)6-21)8(2)22-13(18-7)19-12(20-22)14(15,16)17/h9,23H,3-6H2,1-2H3. The summed E-state index contributed by atoms with van der Waals surface area (Å²) in [7, 11) is 0. The number of rotatable bonds is 3. The third-order valence-corrected chi connectivity index (χ3v) is 4.11.